The van der Waals surface area contributed by atoms with E-state index in [1.807, 2.05) is 0 Å². The third kappa shape index (κ3) is 4.23. The predicted octanol–water partition coefficient (Wildman–Crippen LogP) is 3.51. The molecule has 1 aromatic carbocycles. The van der Waals surface area contributed by atoms with Crippen molar-refractivity contribution in [2.24, 2.45) is 5.92 Å². The van der Waals surface area contributed by atoms with Gasteiger partial charge in [0, 0.05) is 12.2 Å². The first-order valence-corrected chi connectivity index (χ1v) is 8.85. The van der Waals surface area contributed by atoms with Crippen molar-refractivity contribution in [3.8, 4) is 6.07 Å². The molecular weight excluding hydrogens is 330 g/mol. The number of carbonyl (C=O) groups is 2. The van der Waals surface area contributed by atoms with Crippen LogP contribution < -0.4 is 5.32 Å². The molecule has 0 saturated heterocycles. The first-order chi connectivity index (χ1) is 12.4. The SMILES string of the molecule is CCOC(=O)C1=C(C)N(CCC(C)C)C(=O)NC1c1ccc(C#N)cc1. The lowest BCUT2D eigenvalue weighted by atomic mass is 9.94. The van der Waals surface area contributed by atoms with Gasteiger partial charge in [-0.1, -0.05) is 26.0 Å². The molecule has 1 heterocycles. The van der Waals surface area contributed by atoms with Crippen molar-refractivity contribution < 1.29 is 14.3 Å². The smallest absolute Gasteiger partial charge is 0.338 e. The highest BCUT2D eigenvalue weighted by atomic mass is 16.5. The molecule has 1 aromatic rings. The third-order valence-corrected chi connectivity index (χ3v) is 4.39. The monoisotopic (exact) mass is 355 g/mol. The second-order valence-corrected chi connectivity index (χ2v) is 6.67. The molecular formula is C20H25N3O3. The van der Waals surface area contributed by atoms with Crippen LogP contribution >= 0.6 is 0 Å². The molecule has 0 radical (unpaired) electrons. The molecule has 0 aromatic heterocycles. The summed E-state index contributed by atoms with van der Waals surface area (Å²) in [5, 5.41) is 11.9. The summed E-state index contributed by atoms with van der Waals surface area (Å²) >= 11 is 0. The van der Waals surface area contributed by atoms with Crippen molar-refractivity contribution in [1.29, 1.82) is 5.26 Å². The number of allylic oxidation sites excluding steroid dienone is 1. The zero-order valence-electron chi connectivity index (χ0n) is 15.7. The molecule has 0 saturated carbocycles. The number of nitriles is 1. The van der Waals surface area contributed by atoms with Crippen LogP contribution in [0.25, 0.3) is 0 Å². The lowest BCUT2D eigenvalue weighted by molar-refractivity contribution is -0.139. The molecule has 2 rings (SSSR count). The van der Waals surface area contributed by atoms with Crippen LogP contribution in [0.4, 0.5) is 4.79 Å². The molecule has 1 aliphatic heterocycles. The highest BCUT2D eigenvalue weighted by Crippen LogP contribution is 2.31. The average Bonchev–Trinajstić information content (AvgIpc) is 2.61. The van der Waals surface area contributed by atoms with Gasteiger partial charge in [-0.3, -0.25) is 4.90 Å². The fourth-order valence-electron chi connectivity index (χ4n) is 2.91. The Labute approximate surface area is 154 Å². The van der Waals surface area contributed by atoms with E-state index in [-0.39, 0.29) is 12.6 Å². The fraction of sp³-hybridized carbons (Fsp3) is 0.450. The van der Waals surface area contributed by atoms with Gasteiger partial charge in [0.05, 0.1) is 29.9 Å². The molecule has 0 bridgehead atoms. The van der Waals surface area contributed by atoms with E-state index in [2.05, 4.69) is 25.2 Å². The number of rotatable bonds is 6. The van der Waals surface area contributed by atoms with E-state index in [0.717, 1.165) is 12.0 Å². The largest absolute Gasteiger partial charge is 0.463 e. The summed E-state index contributed by atoms with van der Waals surface area (Å²) in [6, 6.07) is 8.08. The number of hydrogen-bond donors (Lipinski definition) is 1. The van der Waals surface area contributed by atoms with Crippen LogP contribution in [-0.4, -0.2) is 30.1 Å². The number of nitrogens with zero attached hydrogens (tertiary/aromatic N) is 2. The van der Waals surface area contributed by atoms with Crippen molar-refractivity contribution in [3.05, 3.63) is 46.7 Å². The summed E-state index contributed by atoms with van der Waals surface area (Å²) in [6.07, 6.45) is 0.836. The molecule has 0 aliphatic carbocycles. The summed E-state index contributed by atoms with van der Waals surface area (Å²) in [5.41, 5.74) is 2.30. The van der Waals surface area contributed by atoms with Crippen LogP contribution in [0.5, 0.6) is 0 Å². The standard InChI is InChI=1S/C20H25N3O3/c1-5-26-19(24)17-14(4)23(11-10-13(2)3)20(25)22-18(17)16-8-6-15(12-21)7-9-16/h6-9,13,18H,5,10-11H2,1-4H3,(H,22,25). The van der Waals surface area contributed by atoms with E-state index in [4.69, 9.17) is 10.00 Å². The first-order valence-electron chi connectivity index (χ1n) is 8.85. The summed E-state index contributed by atoms with van der Waals surface area (Å²) in [4.78, 5) is 26.8. The minimum Gasteiger partial charge on any atom is -0.463 e. The minimum absolute atomic E-state index is 0.231. The summed E-state index contributed by atoms with van der Waals surface area (Å²) in [6.45, 7) is 8.51. The van der Waals surface area contributed by atoms with Crippen LogP contribution in [0.15, 0.2) is 35.5 Å². The van der Waals surface area contributed by atoms with E-state index in [9.17, 15) is 9.59 Å². The number of carbonyl (C=O) groups excluding carboxylic acids is 2. The number of nitrogens with one attached hydrogen (secondary N) is 1. The number of benzene rings is 1. The molecule has 2 amide bonds. The minimum atomic E-state index is -0.593. The topological polar surface area (TPSA) is 82.4 Å². The van der Waals surface area contributed by atoms with Crippen LogP contribution in [0, 0.1) is 17.2 Å². The maximum atomic E-state index is 12.6. The molecule has 1 aliphatic rings. The molecule has 0 spiro atoms. The van der Waals surface area contributed by atoms with Crippen molar-refractivity contribution in [2.75, 3.05) is 13.2 Å². The summed E-state index contributed by atoms with van der Waals surface area (Å²) in [7, 11) is 0. The third-order valence-electron chi connectivity index (χ3n) is 4.39. The van der Waals surface area contributed by atoms with Crippen LogP contribution in [0.2, 0.25) is 0 Å². The molecule has 0 fully saturated rings. The normalized spacial score (nSPS) is 17.2. The Morgan fingerprint density at radius 1 is 1.35 bits per heavy atom. The zero-order valence-corrected chi connectivity index (χ0v) is 15.7. The van der Waals surface area contributed by atoms with Gasteiger partial charge in [0.15, 0.2) is 0 Å². The Bertz CT molecular complexity index is 745. The van der Waals surface area contributed by atoms with Crippen molar-refractivity contribution in [3.63, 3.8) is 0 Å². The van der Waals surface area contributed by atoms with Crippen molar-refractivity contribution >= 4 is 12.0 Å². The van der Waals surface area contributed by atoms with Gasteiger partial charge in [0.1, 0.15) is 0 Å². The van der Waals surface area contributed by atoms with Gasteiger partial charge in [-0.2, -0.15) is 5.26 Å². The van der Waals surface area contributed by atoms with E-state index in [1.165, 1.54) is 0 Å². The van der Waals surface area contributed by atoms with Crippen LogP contribution in [0.3, 0.4) is 0 Å². The van der Waals surface area contributed by atoms with Gasteiger partial charge in [-0.05, 0) is 43.9 Å². The molecule has 1 N–H and O–H groups in total. The first kappa shape index (κ1) is 19.5. The number of amides is 2. The second-order valence-electron chi connectivity index (χ2n) is 6.67. The molecule has 1 atom stereocenters. The van der Waals surface area contributed by atoms with Crippen molar-refractivity contribution in [1.82, 2.24) is 10.2 Å². The fourth-order valence-corrected chi connectivity index (χ4v) is 2.91. The Kier molecular flexibility index (Phi) is 6.40. The number of ether oxygens (including phenoxy) is 1. The van der Waals surface area contributed by atoms with Gasteiger partial charge < -0.3 is 10.1 Å². The number of urea groups is 1. The Hall–Kier alpha value is -2.81. The second kappa shape index (κ2) is 8.52. The lowest BCUT2D eigenvalue weighted by Gasteiger charge is -2.35. The number of hydrogen-bond acceptors (Lipinski definition) is 4. The molecule has 6 nitrogen and oxygen atoms in total. The van der Waals surface area contributed by atoms with E-state index < -0.39 is 12.0 Å². The van der Waals surface area contributed by atoms with Gasteiger partial charge in [0.25, 0.3) is 0 Å². The predicted molar refractivity (Wildman–Crippen MR) is 97.9 cm³/mol. The Balaban J connectivity index is 2.44. The average molecular weight is 355 g/mol. The van der Waals surface area contributed by atoms with Gasteiger partial charge >= 0.3 is 12.0 Å². The number of esters is 1. The highest BCUT2D eigenvalue weighted by Gasteiger charge is 2.36. The van der Waals surface area contributed by atoms with Crippen LogP contribution in [0.1, 0.15) is 51.3 Å². The molecule has 1 unspecified atom stereocenters. The van der Waals surface area contributed by atoms with Gasteiger partial charge in [0.2, 0.25) is 0 Å². The summed E-state index contributed by atoms with van der Waals surface area (Å²) < 4.78 is 5.23. The Morgan fingerprint density at radius 2 is 2.00 bits per heavy atom. The molecule has 138 valence electrons. The van der Waals surface area contributed by atoms with Gasteiger partial charge in [-0.25, -0.2) is 9.59 Å². The van der Waals surface area contributed by atoms with E-state index in [0.29, 0.717) is 29.3 Å². The molecule has 26 heavy (non-hydrogen) atoms. The van der Waals surface area contributed by atoms with E-state index in [1.54, 1.807) is 43.0 Å². The Morgan fingerprint density at radius 3 is 2.54 bits per heavy atom. The zero-order chi connectivity index (χ0) is 19.3. The maximum absolute atomic E-state index is 12.6. The maximum Gasteiger partial charge on any atom is 0.338 e. The van der Waals surface area contributed by atoms with Crippen molar-refractivity contribution in [2.45, 2.75) is 40.2 Å². The summed E-state index contributed by atoms with van der Waals surface area (Å²) in [5.74, 6) is 0.00630. The van der Waals surface area contributed by atoms with Gasteiger partial charge in [-0.15, -0.1) is 0 Å². The van der Waals surface area contributed by atoms with E-state index >= 15 is 0 Å². The molecule has 6 heteroatoms. The highest BCUT2D eigenvalue weighted by molar-refractivity contribution is 5.95. The van der Waals surface area contributed by atoms with Crippen LogP contribution in [-0.2, 0) is 9.53 Å². The quantitative estimate of drug-likeness (QED) is 0.792. The lowest BCUT2D eigenvalue weighted by Crippen LogP contribution is -2.48.